The third-order valence-corrected chi connectivity index (χ3v) is 4.04. The largest absolute Gasteiger partial charge is 0.496 e. The predicted octanol–water partition coefficient (Wildman–Crippen LogP) is 3.42. The van der Waals surface area contributed by atoms with Crippen molar-refractivity contribution in [3.05, 3.63) is 23.8 Å². The SMILES string of the molecule is COc1cc(NC(=O)OC(C)(C)C)ccc1C1(C(C)N)CC1. The summed E-state index contributed by atoms with van der Waals surface area (Å²) < 4.78 is 10.7. The molecule has 0 bridgehead atoms. The van der Waals surface area contributed by atoms with E-state index in [0.29, 0.717) is 5.69 Å². The molecule has 1 atom stereocenters. The molecule has 122 valence electrons. The van der Waals surface area contributed by atoms with Gasteiger partial charge in [0.05, 0.1) is 7.11 Å². The number of carbonyl (C=O) groups excluding carboxylic acids is 1. The number of rotatable bonds is 4. The molecule has 1 saturated carbocycles. The first kappa shape index (κ1) is 16.6. The Kier molecular flexibility index (Phi) is 4.38. The average Bonchev–Trinajstić information content (AvgIpc) is 3.17. The lowest BCUT2D eigenvalue weighted by molar-refractivity contribution is 0.0636. The Morgan fingerprint density at radius 1 is 1.36 bits per heavy atom. The molecule has 0 radical (unpaired) electrons. The van der Waals surface area contributed by atoms with Crippen LogP contribution < -0.4 is 15.8 Å². The Balaban J connectivity index is 2.18. The summed E-state index contributed by atoms with van der Waals surface area (Å²) in [5.74, 6) is 0.753. The summed E-state index contributed by atoms with van der Waals surface area (Å²) in [7, 11) is 1.63. The maximum atomic E-state index is 11.8. The molecule has 1 aromatic carbocycles. The minimum atomic E-state index is -0.527. The first-order chi connectivity index (χ1) is 10.2. The summed E-state index contributed by atoms with van der Waals surface area (Å²) in [6.07, 6.45) is 1.66. The minimum Gasteiger partial charge on any atom is -0.496 e. The molecule has 5 heteroatoms. The summed E-state index contributed by atoms with van der Waals surface area (Å²) in [5.41, 5.74) is 7.37. The van der Waals surface area contributed by atoms with Crippen molar-refractivity contribution in [2.75, 3.05) is 12.4 Å². The summed E-state index contributed by atoms with van der Waals surface area (Å²) in [4.78, 5) is 11.8. The number of carbonyl (C=O) groups is 1. The van der Waals surface area contributed by atoms with Gasteiger partial charge in [-0.2, -0.15) is 0 Å². The second-order valence-corrected chi connectivity index (χ2v) is 6.99. The molecular weight excluding hydrogens is 280 g/mol. The van der Waals surface area contributed by atoms with Crippen LogP contribution in [0, 0.1) is 0 Å². The first-order valence-corrected chi connectivity index (χ1v) is 7.62. The number of hydrogen-bond acceptors (Lipinski definition) is 4. The number of anilines is 1. The van der Waals surface area contributed by atoms with Crippen molar-refractivity contribution in [2.45, 2.75) is 57.6 Å². The van der Waals surface area contributed by atoms with Crippen LogP contribution in [-0.4, -0.2) is 24.8 Å². The fourth-order valence-electron chi connectivity index (χ4n) is 2.71. The quantitative estimate of drug-likeness (QED) is 0.894. The van der Waals surface area contributed by atoms with E-state index in [1.54, 1.807) is 7.11 Å². The second kappa shape index (κ2) is 5.80. The van der Waals surface area contributed by atoms with Crippen LogP contribution in [0.15, 0.2) is 18.2 Å². The third kappa shape index (κ3) is 3.53. The molecule has 0 aliphatic heterocycles. The fraction of sp³-hybridized carbons (Fsp3) is 0.588. The lowest BCUT2D eigenvalue weighted by Gasteiger charge is -2.23. The molecule has 0 aromatic heterocycles. The van der Waals surface area contributed by atoms with Crippen molar-refractivity contribution < 1.29 is 14.3 Å². The summed E-state index contributed by atoms with van der Waals surface area (Å²) >= 11 is 0. The van der Waals surface area contributed by atoms with Crippen molar-refractivity contribution in [2.24, 2.45) is 5.73 Å². The van der Waals surface area contributed by atoms with Crippen LogP contribution in [0.1, 0.15) is 46.1 Å². The molecule has 1 aromatic rings. The molecule has 1 fully saturated rings. The third-order valence-electron chi connectivity index (χ3n) is 4.04. The Labute approximate surface area is 132 Å². The van der Waals surface area contributed by atoms with Crippen LogP contribution in [0.5, 0.6) is 5.75 Å². The van der Waals surface area contributed by atoms with Gasteiger partial charge in [-0.3, -0.25) is 5.32 Å². The van der Waals surface area contributed by atoms with E-state index in [0.717, 1.165) is 24.2 Å². The zero-order valence-electron chi connectivity index (χ0n) is 14.0. The first-order valence-electron chi connectivity index (χ1n) is 7.62. The number of amides is 1. The Morgan fingerprint density at radius 2 is 2.00 bits per heavy atom. The Bertz CT molecular complexity index is 558. The molecule has 1 aliphatic rings. The van der Waals surface area contributed by atoms with Gasteiger partial charge >= 0.3 is 6.09 Å². The normalized spacial score (nSPS) is 17.5. The summed E-state index contributed by atoms with van der Waals surface area (Å²) in [6.45, 7) is 7.51. The molecule has 1 unspecified atom stereocenters. The van der Waals surface area contributed by atoms with Crippen LogP contribution in [0.3, 0.4) is 0 Å². The summed E-state index contributed by atoms with van der Waals surface area (Å²) in [5, 5.41) is 2.73. The highest BCUT2D eigenvalue weighted by Gasteiger charge is 2.49. The van der Waals surface area contributed by atoms with Gasteiger partial charge in [-0.05, 0) is 46.6 Å². The van der Waals surface area contributed by atoms with Crippen LogP contribution in [0.4, 0.5) is 10.5 Å². The minimum absolute atomic E-state index is 0.00971. The van der Waals surface area contributed by atoms with Gasteiger partial charge < -0.3 is 15.2 Å². The average molecular weight is 306 g/mol. The number of ether oxygens (including phenoxy) is 2. The van der Waals surface area contributed by atoms with E-state index < -0.39 is 11.7 Å². The van der Waals surface area contributed by atoms with E-state index in [4.69, 9.17) is 15.2 Å². The van der Waals surface area contributed by atoms with Gasteiger partial charge in [-0.25, -0.2) is 4.79 Å². The molecule has 0 heterocycles. The van der Waals surface area contributed by atoms with Crippen LogP contribution in [-0.2, 0) is 10.2 Å². The van der Waals surface area contributed by atoms with Gasteiger partial charge in [0.25, 0.3) is 0 Å². The Morgan fingerprint density at radius 3 is 2.45 bits per heavy atom. The van der Waals surface area contributed by atoms with Crippen molar-refractivity contribution in [1.29, 1.82) is 0 Å². The maximum Gasteiger partial charge on any atom is 0.412 e. The molecule has 0 saturated heterocycles. The van der Waals surface area contributed by atoms with Crippen LogP contribution >= 0.6 is 0 Å². The molecular formula is C17H26N2O3. The Hall–Kier alpha value is -1.75. The monoisotopic (exact) mass is 306 g/mol. The van der Waals surface area contributed by atoms with Gasteiger partial charge in [-0.1, -0.05) is 6.07 Å². The van der Waals surface area contributed by atoms with Crippen molar-refractivity contribution in [3.8, 4) is 5.75 Å². The number of nitrogens with two attached hydrogens (primary N) is 1. The molecule has 2 rings (SSSR count). The van der Waals surface area contributed by atoms with Crippen molar-refractivity contribution in [1.82, 2.24) is 0 Å². The van der Waals surface area contributed by atoms with E-state index >= 15 is 0 Å². The van der Waals surface area contributed by atoms with Gasteiger partial charge in [0.15, 0.2) is 0 Å². The van der Waals surface area contributed by atoms with E-state index in [2.05, 4.69) is 5.32 Å². The highest BCUT2D eigenvalue weighted by atomic mass is 16.6. The lowest BCUT2D eigenvalue weighted by Crippen LogP contribution is -2.32. The number of methoxy groups -OCH3 is 1. The molecule has 5 nitrogen and oxygen atoms in total. The summed E-state index contributed by atoms with van der Waals surface area (Å²) in [6, 6.07) is 5.75. The van der Waals surface area contributed by atoms with Gasteiger partial charge in [0.1, 0.15) is 11.4 Å². The second-order valence-electron chi connectivity index (χ2n) is 6.99. The zero-order chi connectivity index (χ0) is 16.5. The van der Waals surface area contributed by atoms with Crippen LogP contribution in [0.25, 0.3) is 0 Å². The molecule has 1 amide bonds. The smallest absolute Gasteiger partial charge is 0.412 e. The van der Waals surface area contributed by atoms with E-state index in [1.807, 2.05) is 45.9 Å². The lowest BCUT2D eigenvalue weighted by atomic mass is 9.88. The standard InChI is InChI=1S/C17H26N2O3/c1-11(18)17(8-9-17)13-7-6-12(10-14(13)21-5)19-15(20)22-16(2,3)4/h6-7,10-11H,8-9,18H2,1-5H3,(H,19,20). The van der Waals surface area contributed by atoms with E-state index in [-0.39, 0.29) is 11.5 Å². The number of hydrogen-bond donors (Lipinski definition) is 2. The highest BCUT2D eigenvalue weighted by molar-refractivity contribution is 5.85. The van der Waals surface area contributed by atoms with E-state index in [9.17, 15) is 4.79 Å². The highest BCUT2D eigenvalue weighted by Crippen LogP contribution is 2.53. The van der Waals surface area contributed by atoms with Gasteiger partial charge in [0, 0.05) is 28.8 Å². The molecule has 1 aliphatic carbocycles. The number of nitrogens with one attached hydrogen (secondary N) is 1. The van der Waals surface area contributed by atoms with Crippen molar-refractivity contribution in [3.63, 3.8) is 0 Å². The van der Waals surface area contributed by atoms with Gasteiger partial charge in [0.2, 0.25) is 0 Å². The maximum absolute atomic E-state index is 11.8. The predicted molar refractivity (Wildman–Crippen MR) is 87.4 cm³/mol. The van der Waals surface area contributed by atoms with Gasteiger partial charge in [-0.15, -0.1) is 0 Å². The molecule has 0 spiro atoms. The molecule has 3 N–H and O–H groups in total. The fourth-order valence-corrected chi connectivity index (χ4v) is 2.71. The molecule has 22 heavy (non-hydrogen) atoms. The van der Waals surface area contributed by atoms with Crippen molar-refractivity contribution >= 4 is 11.8 Å². The topological polar surface area (TPSA) is 73.6 Å². The number of benzene rings is 1. The zero-order valence-corrected chi connectivity index (χ0v) is 14.0. The van der Waals surface area contributed by atoms with Crippen LogP contribution in [0.2, 0.25) is 0 Å². The van der Waals surface area contributed by atoms with E-state index in [1.165, 1.54) is 0 Å².